The Bertz CT molecular complexity index is 486. The summed E-state index contributed by atoms with van der Waals surface area (Å²) in [6, 6.07) is 2.25. The minimum Gasteiger partial charge on any atom is -0.391 e. The maximum Gasteiger partial charge on any atom is 0.419 e. The summed E-state index contributed by atoms with van der Waals surface area (Å²) >= 11 is 0. The number of halogens is 4. The van der Waals surface area contributed by atoms with E-state index in [2.05, 4.69) is 0 Å². The Labute approximate surface area is 99.6 Å². The minimum atomic E-state index is -4.77. The van der Waals surface area contributed by atoms with E-state index in [0.717, 1.165) is 11.0 Å². The SMILES string of the molecule is O=C1CC(O)CN1c1ccc(C(F)(F)F)c(F)c1. The van der Waals surface area contributed by atoms with Crippen LogP contribution in [0.15, 0.2) is 18.2 Å². The van der Waals surface area contributed by atoms with Crippen LogP contribution in [0.5, 0.6) is 0 Å². The first-order valence-corrected chi connectivity index (χ1v) is 5.14. The molecule has 1 fully saturated rings. The Kier molecular flexibility index (Phi) is 3.02. The van der Waals surface area contributed by atoms with E-state index in [0.29, 0.717) is 12.1 Å². The molecule has 1 amide bonds. The molecule has 0 aliphatic carbocycles. The van der Waals surface area contributed by atoms with E-state index in [1.165, 1.54) is 0 Å². The fourth-order valence-electron chi connectivity index (χ4n) is 1.84. The first-order valence-electron chi connectivity index (χ1n) is 5.14. The molecule has 0 aromatic heterocycles. The molecule has 0 bridgehead atoms. The van der Waals surface area contributed by atoms with Gasteiger partial charge < -0.3 is 10.0 Å². The smallest absolute Gasteiger partial charge is 0.391 e. The van der Waals surface area contributed by atoms with Gasteiger partial charge in [0.1, 0.15) is 5.82 Å². The van der Waals surface area contributed by atoms with Gasteiger partial charge >= 0.3 is 6.18 Å². The third-order valence-corrected chi connectivity index (χ3v) is 2.67. The van der Waals surface area contributed by atoms with Gasteiger partial charge in [0.2, 0.25) is 5.91 Å². The number of hydrogen-bond donors (Lipinski definition) is 1. The van der Waals surface area contributed by atoms with Gasteiger partial charge in [0, 0.05) is 5.69 Å². The minimum absolute atomic E-state index is 0.0158. The highest BCUT2D eigenvalue weighted by molar-refractivity contribution is 5.96. The average molecular weight is 263 g/mol. The molecule has 1 unspecified atom stereocenters. The number of amides is 1. The zero-order chi connectivity index (χ0) is 13.5. The number of hydrogen-bond acceptors (Lipinski definition) is 2. The fraction of sp³-hybridized carbons (Fsp3) is 0.364. The summed E-state index contributed by atoms with van der Waals surface area (Å²) < 4.78 is 50.3. The highest BCUT2D eigenvalue weighted by Crippen LogP contribution is 2.33. The van der Waals surface area contributed by atoms with E-state index in [-0.39, 0.29) is 18.7 Å². The molecular formula is C11H9F4NO2. The standard InChI is InChI=1S/C11H9F4NO2/c12-9-3-6(1-2-8(9)11(13,14)15)16-5-7(17)4-10(16)18/h1-3,7,17H,4-5H2. The number of alkyl halides is 3. The van der Waals surface area contributed by atoms with Crippen LogP contribution in [0.2, 0.25) is 0 Å². The zero-order valence-electron chi connectivity index (χ0n) is 9.04. The highest BCUT2D eigenvalue weighted by Gasteiger charge is 2.35. The molecule has 1 aliphatic rings. The molecule has 0 radical (unpaired) electrons. The fourth-order valence-corrected chi connectivity index (χ4v) is 1.84. The molecule has 98 valence electrons. The third kappa shape index (κ3) is 2.31. The molecule has 1 N–H and O–H groups in total. The van der Waals surface area contributed by atoms with Crippen molar-refractivity contribution in [2.75, 3.05) is 11.4 Å². The quantitative estimate of drug-likeness (QED) is 0.787. The maximum atomic E-state index is 13.3. The summed E-state index contributed by atoms with van der Waals surface area (Å²) in [4.78, 5) is 12.5. The molecule has 2 rings (SSSR count). The van der Waals surface area contributed by atoms with Gasteiger partial charge in [0.05, 0.1) is 24.6 Å². The van der Waals surface area contributed by atoms with Gasteiger partial charge in [-0.2, -0.15) is 13.2 Å². The first kappa shape index (κ1) is 12.8. The Balaban J connectivity index is 2.32. The van der Waals surface area contributed by atoms with Crippen molar-refractivity contribution in [2.45, 2.75) is 18.7 Å². The molecule has 1 aliphatic heterocycles. The second-order valence-corrected chi connectivity index (χ2v) is 4.02. The lowest BCUT2D eigenvalue weighted by molar-refractivity contribution is -0.140. The predicted octanol–water partition coefficient (Wildman–Crippen LogP) is 1.94. The van der Waals surface area contributed by atoms with Crippen LogP contribution < -0.4 is 4.90 Å². The molecule has 0 spiro atoms. The molecule has 1 saturated heterocycles. The average Bonchev–Trinajstić information content (AvgIpc) is 2.55. The lowest BCUT2D eigenvalue weighted by Gasteiger charge is -2.17. The third-order valence-electron chi connectivity index (χ3n) is 2.67. The van der Waals surface area contributed by atoms with E-state index >= 15 is 0 Å². The number of aliphatic hydroxyl groups excluding tert-OH is 1. The number of carbonyl (C=O) groups is 1. The number of aliphatic hydroxyl groups is 1. The van der Waals surface area contributed by atoms with Crippen LogP contribution in [0.3, 0.4) is 0 Å². The van der Waals surface area contributed by atoms with Crippen molar-refractivity contribution in [1.29, 1.82) is 0 Å². The summed E-state index contributed by atoms with van der Waals surface area (Å²) in [5.74, 6) is -1.88. The van der Waals surface area contributed by atoms with Crippen LogP contribution in [0.25, 0.3) is 0 Å². The topological polar surface area (TPSA) is 40.5 Å². The monoisotopic (exact) mass is 263 g/mol. The van der Waals surface area contributed by atoms with E-state index in [9.17, 15) is 27.5 Å². The van der Waals surface area contributed by atoms with Crippen LogP contribution in [0.1, 0.15) is 12.0 Å². The number of β-amino-alcohol motifs (C(OH)–C–C–N with tert-alkyl or cyclic N) is 1. The first-order chi connectivity index (χ1) is 8.29. The molecule has 7 heteroatoms. The Morgan fingerprint density at radius 3 is 2.44 bits per heavy atom. The van der Waals surface area contributed by atoms with Crippen LogP contribution in [-0.4, -0.2) is 23.7 Å². The Morgan fingerprint density at radius 2 is 2.00 bits per heavy atom. The molecule has 3 nitrogen and oxygen atoms in total. The van der Waals surface area contributed by atoms with Crippen LogP contribution >= 0.6 is 0 Å². The van der Waals surface area contributed by atoms with Crippen molar-refractivity contribution in [1.82, 2.24) is 0 Å². The summed E-state index contributed by atoms with van der Waals surface area (Å²) in [5, 5.41) is 9.25. The number of nitrogens with zero attached hydrogens (tertiary/aromatic N) is 1. The summed E-state index contributed by atoms with van der Waals surface area (Å²) in [6.45, 7) is -0.0381. The summed E-state index contributed by atoms with van der Waals surface area (Å²) in [7, 11) is 0. The Morgan fingerprint density at radius 1 is 1.33 bits per heavy atom. The van der Waals surface area contributed by atoms with Gasteiger partial charge in [0.15, 0.2) is 0 Å². The zero-order valence-corrected chi connectivity index (χ0v) is 9.04. The van der Waals surface area contributed by atoms with Gasteiger partial charge in [0.25, 0.3) is 0 Å². The van der Waals surface area contributed by atoms with Crippen LogP contribution in [0.4, 0.5) is 23.2 Å². The van der Waals surface area contributed by atoms with Crippen molar-refractivity contribution < 1.29 is 27.5 Å². The number of benzene rings is 1. The number of carbonyl (C=O) groups excluding carboxylic acids is 1. The van der Waals surface area contributed by atoms with Gasteiger partial charge in [-0.3, -0.25) is 4.79 Å². The molecule has 0 saturated carbocycles. The summed E-state index contributed by atoms with van der Waals surface area (Å²) in [5.41, 5.74) is -1.36. The molecular weight excluding hydrogens is 254 g/mol. The molecule has 1 atom stereocenters. The van der Waals surface area contributed by atoms with Crippen molar-refractivity contribution in [3.63, 3.8) is 0 Å². The van der Waals surface area contributed by atoms with Crippen molar-refractivity contribution in [3.8, 4) is 0 Å². The van der Waals surface area contributed by atoms with E-state index in [1.54, 1.807) is 0 Å². The van der Waals surface area contributed by atoms with Crippen molar-refractivity contribution in [2.24, 2.45) is 0 Å². The molecule has 1 heterocycles. The van der Waals surface area contributed by atoms with Gasteiger partial charge in [-0.25, -0.2) is 4.39 Å². The lowest BCUT2D eigenvalue weighted by atomic mass is 10.1. The lowest BCUT2D eigenvalue weighted by Crippen LogP contribution is -2.25. The maximum absolute atomic E-state index is 13.3. The van der Waals surface area contributed by atoms with Gasteiger partial charge in [-0.05, 0) is 18.2 Å². The Hall–Kier alpha value is -1.63. The van der Waals surface area contributed by atoms with Crippen molar-refractivity contribution in [3.05, 3.63) is 29.6 Å². The van der Waals surface area contributed by atoms with Crippen LogP contribution in [-0.2, 0) is 11.0 Å². The predicted molar refractivity (Wildman–Crippen MR) is 54.4 cm³/mol. The van der Waals surface area contributed by atoms with Crippen molar-refractivity contribution >= 4 is 11.6 Å². The van der Waals surface area contributed by atoms with E-state index < -0.39 is 29.6 Å². The van der Waals surface area contributed by atoms with Gasteiger partial charge in [-0.15, -0.1) is 0 Å². The second kappa shape index (κ2) is 4.24. The number of anilines is 1. The van der Waals surface area contributed by atoms with Gasteiger partial charge in [-0.1, -0.05) is 0 Å². The highest BCUT2D eigenvalue weighted by atomic mass is 19.4. The molecule has 1 aromatic rings. The van der Waals surface area contributed by atoms with E-state index in [1.807, 2.05) is 0 Å². The molecule has 18 heavy (non-hydrogen) atoms. The summed E-state index contributed by atoms with van der Waals surface area (Å²) in [6.07, 6.45) is -5.75. The van der Waals surface area contributed by atoms with E-state index in [4.69, 9.17) is 0 Å². The normalized spacial score (nSPS) is 20.6. The number of rotatable bonds is 1. The molecule has 1 aromatic carbocycles. The largest absolute Gasteiger partial charge is 0.419 e. The van der Waals surface area contributed by atoms with Crippen LogP contribution in [0, 0.1) is 5.82 Å². The second-order valence-electron chi connectivity index (χ2n) is 4.02.